The summed E-state index contributed by atoms with van der Waals surface area (Å²) in [5.41, 5.74) is 5.20. The number of nitrogens with two attached hydrogens (primary N) is 1. The molecule has 0 rings (SSSR count). The van der Waals surface area contributed by atoms with Crippen molar-refractivity contribution < 1.29 is 14.7 Å². The molecule has 19 heavy (non-hydrogen) atoms. The maximum atomic E-state index is 11.7. The van der Waals surface area contributed by atoms with Gasteiger partial charge in [-0.15, -0.1) is 0 Å². The van der Waals surface area contributed by atoms with Crippen LogP contribution in [-0.4, -0.2) is 29.1 Å². The molecule has 0 aromatic rings. The van der Waals surface area contributed by atoms with E-state index in [2.05, 4.69) is 5.32 Å². The fourth-order valence-electron chi connectivity index (χ4n) is 1.66. The van der Waals surface area contributed by atoms with Crippen LogP contribution < -0.4 is 11.1 Å². The third-order valence-corrected chi connectivity index (χ3v) is 2.69. The van der Waals surface area contributed by atoms with Crippen LogP contribution in [0.25, 0.3) is 0 Å². The van der Waals surface area contributed by atoms with E-state index in [4.69, 9.17) is 11.0 Å². The molecule has 0 aromatic carbocycles. The van der Waals surface area contributed by atoms with Gasteiger partial charge in [-0.2, -0.15) is 5.26 Å². The number of hydrogen-bond donors (Lipinski definition) is 3. The SMILES string of the molecule is CC(C)C[C@@H](O)C(=O)N[C@H](CCCCC#N)C(N)=O. The minimum atomic E-state index is -1.12. The van der Waals surface area contributed by atoms with Crippen molar-refractivity contribution in [1.82, 2.24) is 5.32 Å². The number of primary amides is 1. The van der Waals surface area contributed by atoms with Crippen molar-refractivity contribution in [2.24, 2.45) is 11.7 Å². The number of nitriles is 1. The number of amides is 2. The van der Waals surface area contributed by atoms with Gasteiger partial charge in [0.25, 0.3) is 0 Å². The second-order valence-corrected chi connectivity index (χ2v) is 5.01. The van der Waals surface area contributed by atoms with Crippen LogP contribution in [-0.2, 0) is 9.59 Å². The first-order valence-electron chi connectivity index (χ1n) is 6.53. The minimum Gasteiger partial charge on any atom is -0.383 e. The lowest BCUT2D eigenvalue weighted by Crippen LogP contribution is -2.48. The molecular formula is C13H23N3O3. The fraction of sp³-hybridized carbons (Fsp3) is 0.769. The van der Waals surface area contributed by atoms with Gasteiger partial charge >= 0.3 is 0 Å². The molecular weight excluding hydrogens is 246 g/mol. The Labute approximate surface area is 114 Å². The van der Waals surface area contributed by atoms with E-state index in [1.807, 2.05) is 19.9 Å². The number of carbonyl (C=O) groups is 2. The maximum absolute atomic E-state index is 11.7. The van der Waals surface area contributed by atoms with Crippen molar-refractivity contribution in [1.29, 1.82) is 5.26 Å². The van der Waals surface area contributed by atoms with E-state index in [9.17, 15) is 14.7 Å². The maximum Gasteiger partial charge on any atom is 0.249 e. The molecule has 0 radical (unpaired) electrons. The van der Waals surface area contributed by atoms with E-state index >= 15 is 0 Å². The van der Waals surface area contributed by atoms with Gasteiger partial charge in [0.15, 0.2) is 0 Å². The molecule has 108 valence electrons. The van der Waals surface area contributed by atoms with E-state index in [1.165, 1.54) is 0 Å². The van der Waals surface area contributed by atoms with Crippen LogP contribution in [0.2, 0.25) is 0 Å². The lowest BCUT2D eigenvalue weighted by atomic mass is 10.0. The van der Waals surface area contributed by atoms with E-state index in [1.54, 1.807) is 0 Å². The van der Waals surface area contributed by atoms with Crippen LogP contribution >= 0.6 is 0 Å². The van der Waals surface area contributed by atoms with Crippen molar-refractivity contribution in [2.75, 3.05) is 0 Å². The third kappa shape index (κ3) is 8.16. The first-order valence-corrected chi connectivity index (χ1v) is 6.53. The zero-order valence-electron chi connectivity index (χ0n) is 11.6. The average Bonchev–Trinajstić information content (AvgIpc) is 2.31. The first kappa shape index (κ1) is 17.4. The fourth-order valence-corrected chi connectivity index (χ4v) is 1.66. The molecule has 6 heteroatoms. The van der Waals surface area contributed by atoms with Gasteiger partial charge in [-0.05, 0) is 31.6 Å². The first-order chi connectivity index (χ1) is 8.88. The Balaban J connectivity index is 4.23. The monoisotopic (exact) mass is 269 g/mol. The highest BCUT2D eigenvalue weighted by atomic mass is 16.3. The van der Waals surface area contributed by atoms with Crippen molar-refractivity contribution in [3.8, 4) is 6.07 Å². The number of aliphatic hydroxyl groups is 1. The molecule has 2 atom stereocenters. The van der Waals surface area contributed by atoms with Crippen molar-refractivity contribution in [3.05, 3.63) is 0 Å². The molecule has 0 aromatic heterocycles. The summed E-state index contributed by atoms with van der Waals surface area (Å²) in [5, 5.41) is 20.5. The van der Waals surface area contributed by atoms with E-state index in [-0.39, 0.29) is 5.92 Å². The Hall–Kier alpha value is -1.61. The van der Waals surface area contributed by atoms with Gasteiger partial charge < -0.3 is 16.2 Å². The lowest BCUT2D eigenvalue weighted by Gasteiger charge is -2.18. The normalized spacial score (nSPS) is 13.6. The number of nitrogens with zero attached hydrogens (tertiary/aromatic N) is 1. The van der Waals surface area contributed by atoms with Gasteiger partial charge in [-0.1, -0.05) is 13.8 Å². The van der Waals surface area contributed by atoms with Gasteiger partial charge in [0, 0.05) is 6.42 Å². The lowest BCUT2D eigenvalue weighted by molar-refractivity contribution is -0.133. The summed E-state index contributed by atoms with van der Waals surface area (Å²) in [6, 6.07) is 1.22. The van der Waals surface area contributed by atoms with E-state index in [0.29, 0.717) is 32.1 Å². The van der Waals surface area contributed by atoms with Gasteiger partial charge in [-0.3, -0.25) is 9.59 Å². The van der Waals surface area contributed by atoms with Crippen LogP contribution in [0.5, 0.6) is 0 Å². The van der Waals surface area contributed by atoms with Crippen LogP contribution in [0.4, 0.5) is 0 Å². The number of aliphatic hydroxyl groups excluding tert-OH is 1. The summed E-state index contributed by atoms with van der Waals surface area (Å²) in [6.07, 6.45) is 1.30. The number of nitrogens with one attached hydrogen (secondary N) is 1. The van der Waals surface area contributed by atoms with Crippen molar-refractivity contribution in [2.45, 2.75) is 58.1 Å². The molecule has 0 saturated heterocycles. The minimum absolute atomic E-state index is 0.184. The summed E-state index contributed by atoms with van der Waals surface area (Å²) < 4.78 is 0. The van der Waals surface area contributed by atoms with Gasteiger partial charge in [0.1, 0.15) is 12.1 Å². The van der Waals surface area contributed by atoms with Gasteiger partial charge in [-0.25, -0.2) is 0 Å². The summed E-state index contributed by atoms with van der Waals surface area (Å²) in [4.78, 5) is 22.9. The molecule has 0 aliphatic carbocycles. The number of unbranched alkanes of at least 4 members (excludes halogenated alkanes) is 2. The summed E-state index contributed by atoms with van der Waals surface area (Å²) in [7, 11) is 0. The molecule has 6 nitrogen and oxygen atoms in total. The smallest absolute Gasteiger partial charge is 0.249 e. The second-order valence-electron chi connectivity index (χ2n) is 5.01. The Morgan fingerprint density at radius 1 is 1.37 bits per heavy atom. The Morgan fingerprint density at radius 3 is 2.47 bits per heavy atom. The predicted molar refractivity (Wildman–Crippen MR) is 70.7 cm³/mol. The topological polar surface area (TPSA) is 116 Å². The summed E-state index contributed by atoms with van der Waals surface area (Å²) in [6.45, 7) is 3.79. The zero-order valence-corrected chi connectivity index (χ0v) is 11.6. The number of hydrogen-bond acceptors (Lipinski definition) is 4. The Kier molecular flexibility index (Phi) is 8.55. The molecule has 0 unspecified atom stereocenters. The largest absolute Gasteiger partial charge is 0.383 e. The van der Waals surface area contributed by atoms with E-state index < -0.39 is 24.0 Å². The highest BCUT2D eigenvalue weighted by molar-refractivity contribution is 5.88. The number of carbonyl (C=O) groups excluding carboxylic acids is 2. The number of rotatable bonds is 9. The molecule has 0 spiro atoms. The quantitative estimate of drug-likeness (QED) is 0.527. The Morgan fingerprint density at radius 2 is 2.00 bits per heavy atom. The van der Waals surface area contributed by atoms with E-state index in [0.717, 1.165) is 0 Å². The van der Waals surface area contributed by atoms with Crippen LogP contribution in [0.15, 0.2) is 0 Å². The van der Waals surface area contributed by atoms with Crippen molar-refractivity contribution >= 4 is 11.8 Å². The highest BCUT2D eigenvalue weighted by Gasteiger charge is 2.22. The van der Waals surface area contributed by atoms with Crippen LogP contribution in [0.3, 0.4) is 0 Å². The van der Waals surface area contributed by atoms with Crippen LogP contribution in [0, 0.1) is 17.2 Å². The molecule has 4 N–H and O–H groups in total. The summed E-state index contributed by atoms with van der Waals surface area (Å²) >= 11 is 0. The van der Waals surface area contributed by atoms with Crippen LogP contribution in [0.1, 0.15) is 46.0 Å². The molecule has 0 aliphatic rings. The second kappa shape index (κ2) is 9.34. The molecule has 0 aliphatic heterocycles. The molecule has 0 bridgehead atoms. The zero-order chi connectivity index (χ0) is 14.8. The van der Waals surface area contributed by atoms with Gasteiger partial charge in [0.05, 0.1) is 6.07 Å². The standard InChI is InChI=1S/C13H23N3O3/c1-9(2)8-11(17)13(19)16-10(12(15)18)6-4-3-5-7-14/h9-11,17H,3-6,8H2,1-2H3,(H2,15,18)(H,16,19)/t10-,11-/m1/s1. The molecule has 0 saturated carbocycles. The molecule has 0 fully saturated rings. The highest BCUT2D eigenvalue weighted by Crippen LogP contribution is 2.07. The van der Waals surface area contributed by atoms with Gasteiger partial charge in [0.2, 0.25) is 11.8 Å². The average molecular weight is 269 g/mol. The van der Waals surface area contributed by atoms with Crippen molar-refractivity contribution in [3.63, 3.8) is 0 Å². The predicted octanol–water partition coefficient (Wildman–Crippen LogP) is 0.447. The summed E-state index contributed by atoms with van der Waals surface area (Å²) in [5.74, 6) is -1.01. The Bertz CT molecular complexity index is 337. The molecule has 0 heterocycles. The third-order valence-electron chi connectivity index (χ3n) is 2.69. The molecule has 2 amide bonds.